The lowest BCUT2D eigenvalue weighted by molar-refractivity contribution is 1.57. The molecule has 0 atom stereocenters. The molecule has 84 valence electrons. The van der Waals surface area contributed by atoms with E-state index in [0.29, 0.717) is 0 Å². The van der Waals surface area contributed by atoms with Crippen molar-refractivity contribution in [1.82, 2.24) is 0 Å². The Morgan fingerprint density at radius 1 is 0.941 bits per heavy atom. The van der Waals surface area contributed by atoms with Gasteiger partial charge in [0.1, 0.15) is 0 Å². The normalized spacial score (nSPS) is 10.9. The average molecular weight is 303 g/mol. The summed E-state index contributed by atoms with van der Waals surface area (Å²) < 4.78 is 2.52. The molecule has 0 aliphatic carbocycles. The fourth-order valence-electron chi connectivity index (χ4n) is 2.17. The SMILES string of the molecule is Cc1sc2ccccc2c1-c1ccccc1Br. The van der Waals surface area contributed by atoms with Crippen molar-refractivity contribution in [3.63, 3.8) is 0 Å². The lowest BCUT2D eigenvalue weighted by atomic mass is 10.0. The van der Waals surface area contributed by atoms with Crippen molar-refractivity contribution in [3.05, 3.63) is 57.9 Å². The summed E-state index contributed by atoms with van der Waals surface area (Å²) in [5.74, 6) is 0. The Hall–Kier alpha value is -1.12. The summed E-state index contributed by atoms with van der Waals surface area (Å²) >= 11 is 5.50. The van der Waals surface area contributed by atoms with Crippen LogP contribution in [0.5, 0.6) is 0 Å². The molecular weight excluding hydrogens is 292 g/mol. The quantitative estimate of drug-likeness (QED) is 0.546. The Morgan fingerprint density at radius 3 is 2.47 bits per heavy atom. The number of hydrogen-bond donors (Lipinski definition) is 0. The zero-order valence-corrected chi connectivity index (χ0v) is 11.8. The maximum atomic E-state index is 3.64. The summed E-state index contributed by atoms with van der Waals surface area (Å²) in [6, 6.07) is 17.0. The summed E-state index contributed by atoms with van der Waals surface area (Å²) in [4.78, 5) is 1.37. The molecular formula is C15H11BrS. The molecule has 0 nitrogen and oxygen atoms in total. The van der Waals surface area contributed by atoms with Gasteiger partial charge in [0.05, 0.1) is 0 Å². The van der Waals surface area contributed by atoms with Crippen LogP contribution in [0.1, 0.15) is 4.88 Å². The first-order valence-electron chi connectivity index (χ1n) is 5.50. The molecule has 0 fully saturated rings. The molecule has 0 unspecified atom stereocenters. The van der Waals surface area contributed by atoms with Crippen molar-refractivity contribution < 1.29 is 0 Å². The highest BCUT2D eigenvalue weighted by Gasteiger charge is 2.12. The van der Waals surface area contributed by atoms with Crippen molar-refractivity contribution in [1.29, 1.82) is 0 Å². The van der Waals surface area contributed by atoms with Crippen LogP contribution in [0.4, 0.5) is 0 Å². The van der Waals surface area contributed by atoms with E-state index in [2.05, 4.69) is 71.4 Å². The molecule has 0 radical (unpaired) electrons. The lowest BCUT2D eigenvalue weighted by Crippen LogP contribution is -1.79. The topological polar surface area (TPSA) is 0 Å². The molecule has 2 aromatic carbocycles. The molecule has 3 rings (SSSR count). The molecule has 0 aliphatic heterocycles. The highest BCUT2D eigenvalue weighted by Crippen LogP contribution is 2.40. The van der Waals surface area contributed by atoms with Gasteiger partial charge in [0.2, 0.25) is 0 Å². The van der Waals surface area contributed by atoms with Crippen LogP contribution in [0.15, 0.2) is 53.0 Å². The van der Waals surface area contributed by atoms with E-state index < -0.39 is 0 Å². The van der Waals surface area contributed by atoms with Crippen LogP contribution in [0.3, 0.4) is 0 Å². The van der Waals surface area contributed by atoms with Gasteiger partial charge in [-0.25, -0.2) is 0 Å². The Labute approximate surface area is 113 Å². The number of rotatable bonds is 1. The summed E-state index contributed by atoms with van der Waals surface area (Å²) in [5.41, 5.74) is 2.64. The van der Waals surface area contributed by atoms with E-state index in [-0.39, 0.29) is 0 Å². The fraction of sp³-hybridized carbons (Fsp3) is 0.0667. The van der Waals surface area contributed by atoms with Gasteiger partial charge in [0, 0.05) is 25.0 Å². The van der Waals surface area contributed by atoms with Gasteiger partial charge in [0.15, 0.2) is 0 Å². The lowest BCUT2D eigenvalue weighted by Gasteiger charge is -2.04. The maximum Gasteiger partial charge on any atom is 0.0352 e. The number of aryl methyl sites for hydroxylation is 1. The fourth-order valence-corrected chi connectivity index (χ4v) is 3.73. The second-order valence-electron chi connectivity index (χ2n) is 4.01. The van der Waals surface area contributed by atoms with Crippen LogP contribution in [0, 0.1) is 6.92 Å². The number of benzene rings is 2. The van der Waals surface area contributed by atoms with Gasteiger partial charge in [0.25, 0.3) is 0 Å². The van der Waals surface area contributed by atoms with Crippen molar-refractivity contribution in [3.8, 4) is 11.1 Å². The highest BCUT2D eigenvalue weighted by molar-refractivity contribution is 9.10. The Kier molecular flexibility index (Phi) is 2.77. The Balaban J connectivity index is 2.38. The van der Waals surface area contributed by atoms with E-state index in [1.165, 1.54) is 26.1 Å². The van der Waals surface area contributed by atoms with Crippen LogP contribution in [0.25, 0.3) is 21.2 Å². The van der Waals surface area contributed by atoms with Gasteiger partial charge in [-0.15, -0.1) is 11.3 Å². The third kappa shape index (κ3) is 1.81. The molecule has 1 aromatic heterocycles. The molecule has 0 saturated heterocycles. The van der Waals surface area contributed by atoms with E-state index in [0.717, 1.165) is 4.47 Å². The van der Waals surface area contributed by atoms with Gasteiger partial charge in [-0.05, 0) is 24.6 Å². The number of fused-ring (bicyclic) bond motifs is 1. The highest BCUT2D eigenvalue weighted by atomic mass is 79.9. The van der Waals surface area contributed by atoms with Crippen molar-refractivity contribution in [2.24, 2.45) is 0 Å². The molecule has 3 aromatic rings. The maximum absolute atomic E-state index is 3.64. The molecule has 0 aliphatic rings. The first-order valence-corrected chi connectivity index (χ1v) is 7.11. The first-order chi connectivity index (χ1) is 8.27. The van der Waals surface area contributed by atoms with Gasteiger partial charge >= 0.3 is 0 Å². The van der Waals surface area contributed by atoms with Crippen LogP contribution < -0.4 is 0 Å². The molecule has 2 heteroatoms. The van der Waals surface area contributed by atoms with Crippen LogP contribution in [0.2, 0.25) is 0 Å². The third-order valence-corrected chi connectivity index (χ3v) is 4.69. The Morgan fingerprint density at radius 2 is 1.65 bits per heavy atom. The predicted octanol–water partition coefficient (Wildman–Crippen LogP) is 5.64. The summed E-state index contributed by atoms with van der Waals surface area (Å²) in [7, 11) is 0. The minimum atomic E-state index is 1.16. The van der Waals surface area contributed by atoms with Gasteiger partial charge < -0.3 is 0 Å². The number of thiophene rings is 1. The number of hydrogen-bond acceptors (Lipinski definition) is 1. The third-order valence-electron chi connectivity index (χ3n) is 2.91. The predicted molar refractivity (Wildman–Crippen MR) is 79.7 cm³/mol. The molecule has 17 heavy (non-hydrogen) atoms. The molecule has 0 spiro atoms. The standard InChI is InChI=1S/C15H11BrS/c1-10-15(11-6-2-4-8-13(11)16)12-7-3-5-9-14(12)17-10/h2-9H,1H3. The molecule has 0 amide bonds. The average Bonchev–Trinajstić information content (AvgIpc) is 2.66. The van der Waals surface area contributed by atoms with E-state index >= 15 is 0 Å². The zero-order chi connectivity index (χ0) is 11.8. The number of halogens is 1. The van der Waals surface area contributed by atoms with Crippen molar-refractivity contribution in [2.75, 3.05) is 0 Å². The van der Waals surface area contributed by atoms with E-state index in [4.69, 9.17) is 0 Å². The second-order valence-corrected chi connectivity index (χ2v) is 6.12. The molecule has 0 bridgehead atoms. The van der Waals surface area contributed by atoms with Crippen molar-refractivity contribution in [2.45, 2.75) is 6.92 Å². The Bertz CT molecular complexity index is 682. The summed E-state index contributed by atoms with van der Waals surface area (Å²) in [5, 5.41) is 1.35. The van der Waals surface area contributed by atoms with E-state index in [1.54, 1.807) is 0 Å². The van der Waals surface area contributed by atoms with Crippen molar-refractivity contribution >= 4 is 37.4 Å². The zero-order valence-electron chi connectivity index (χ0n) is 9.41. The molecule has 0 saturated carbocycles. The van der Waals surface area contributed by atoms with Gasteiger partial charge in [-0.3, -0.25) is 0 Å². The van der Waals surface area contributed by atoms with Gasteiger partial charge in [-0.1, -0.05) is 52.3 Å². The van der Waals surface area contributed by atoms with E-state index in [1.807, 2.05) is 11.3 Å². The minimum Gasteiger partial charge on any atom is -0.140 e. The molecule has 1 heterocycles. The van der Waals surface area contributed by atoms with Crippen LogP contribution >= 0.6 is 27.3 Å². The smallest absolute Gasteiger partial charge is 0.0352 e. The first kappa shape index (κ1) is 11.0. The monoisotopic (exact) mass is 302 g/mol. The summed E-state index contributed by atoms with van der Waals surface area (Å²) in [6.07, 6.45) is 0. The molecule has 0 N–H and O–H groups in total. The second kappa shape index (κ2) is 4.28. The van der Waals surface area contributed by atoms with Crippen LogP contribution in [-0.2, 0) is 0 Å². The van der Waals surface area contributed by atoms with Gasteiger partial charge in [-0.2, -0.15) is 0 Å². The summed E-state index contributed by atoms with van der Waals surface area (Å²) in [6.45, 7) is 2.19. The van der Waals surface area contributed by atoms with Crippen LogP contribution in [-0.4, -0.2) is 0 Å². The minimum absolute atomic E-state index is 1.16. The van der Waals surface area contributed by atoms with E-state index in [9.17, 15) is 0 Å². The largest absolute Gasteiger partial charge is 0.140 e.